The minimum absolute atomic E-state index is 0.0357. The molecule has 0 saturated carbocycles. The first-order valence-corrected chi connectivity index (χ1v) is 7.56. The summed E-state index contributed by atoms with van der Waals surface area (Å²) in [6, 6.07) is 16.4. The van der Waals surface area contributed by atoms with E-state index in [2.05, 4.69) is 59.7 Å². The predicted molar refractivity (Wildman–Crippen MR) is 90.4 cm³/mol. The van der Waals surface area contributed by atoms with Crippen LogP contribution in [0.15, 0.2) is 48.5 Å². The zero-order chi connectivity index (χ0) is 15.7. The van der Waals surface area contributed by atoms with E-state index in [-0.39, 0.29) is 10.8 Å². The van der Waals surface area contributed by atoms with E-state index in [4.69, 9.17) is 4.74 Å². The lowest BCUT2D eigenvalue weighted by Crippen LogP contribution is -2.22. The Morgan fingerprint density at radius 1 is 0.667 bits per heavy atom. The average molecular weight is 282 g/mol. The standard InChI is InChI=1S/C20H26O/c1-19(2,3)16-13-10-14-17(18(16)20(4,5)6)21-15-11-8-7-9-12-15/h7-14H,1-6H3. The van der Waals surface area contributed by atoms with Crippen LogP contribution < -0.4 is 4.74 Å². The van der Waals surface area contributed by atoms with Crippen LogP contribution in [0.3, 0.4) is 0 Å². The molecule has 1 heteroatoms. The lowest BCUT2D eigenvalue weighted by Gasteiger charge is -2.31. The second kappa shape index (κ2) is 5.55. The van der Waals surface area contributed by atoms with Gasteiger partial charge in [-0.15, -0.1) is 0 Å². The van der Waals surface area contributed by atoms with Gasteiger partial charge in [-0.2, -0.15) is 0 Å². The van der Waals surface area contributed by atoms with E-state index in [1.807, 2.05) is 30.3 Å². The van der Waals surface area contributed by atoms with E-state index in [0.29, 0.717) is 0 Å². The first-order valence-electron chi connectivity index (χ1n) is 7.56. The summed E-state index contributed by atoms with van der Waals surface area (Å²) in [5.41, 5.74) is 2.77. The molecule has 0 aromatic heterocycles. The molecule has 0 atom stereocenters. The fraction of sp³-hybridized carbons (Fsp3) is 0.400. The van der Waals surface area contributed by atoms with Crippen LogP contribution in [0.25, 0.3) is 0 Å². The summed E-state index contributed by atoms with van der Waals surface area (Å²) in [4.78, 5) is 0. The van der Waals surface area contributed by atoms with Gasteiger partial charge in [0.15, 0.2) is 0 Å². The van der Waals surface area contributed by atoms with Gasteiger partial charge < -0.3 is 4.74 Å². The molecule has 2 aromatic rings. The van der Waals surface area contributed by atoms with Crippen molar-refractivity contribution in [3.63, 3.8) is 0 Å². The molecule has 1 nitrogen and oxygen atoms in total. The molecule has 0 saturated heterocycles. The van der Waals surface area contributed by atoms with Crippen molar-refractivity contribution in [3.8, 4) is 11.5 Å². The van der Waals surface area contributed by atoms with Gasteiger partial charge in [0.05, 0.1) is 0 Å². The largest absolute Gasteiger partial charge is 0.457 e. The third-order valence-electron chi connectivity index (χ3n) is 3.56. The second-order valence-electron chi connectivity index (χ2n) is 7.59. The van der Waals surface area contributed by atoms with Gasteiger partial charge in [-0.1, -0.05) is 71.9 Å². The van der Waals surface area contributed by atoms with Crippen LogP contribution in [0.1, 0.15) is 52.7 Å². The predicted octanol–water partition coefficient (Wildman–Crippen LogP) is 6.07. The number of rotatable bonds is 2. The van der Waals surface area contributed by atoms with Crippen molar-refractivity contribution in [2.75, 3.05) is 0 Å². The van der Waals surface area contributed by atoms with Crippen LogP contribution in [0, 0.1) is 0 Å². The van der Waals surface area contributed by atoms with E-state index < -0.39 is 0 Å². The fourth-order valence-corrected chi connectivity index (χ4v) is 2.63. The third kappa shape index (κ3) is 3.66. The molecule has 0 heterocycles. The van der Waals surface area contributed by atoms with Gasteiger partial charge in [0.1, 0.15) is 11.5 Å². The molecule has 0 amide bonds. The van der Waals surface area contributed by atoms with Gasteiger partial charge >= 0.3 is 0 Å². The molecule has 2 aromatic carbocycles. The Labute approximate surface area is 129 Å². The Balaban J connectivity index is 2.56. The van der Waals surface area contributed by atoms with Gasteiger partial charge in [-0.25, -0.2) is 0 Å². The van der Waals surface area contributed by atoms with Crippen LogP contribution in [0.2, 0.25) is 0 Å². The Morgan fingerprint density at radius 2 is 1.29 bits per heavy atom. The van der Waals surface area contributed by atoms with E-state index in [0.717, 1.165) is 11.5 Å². The smallest absolute Gasteiger partial charge is 0.131 e. The van der Waals surface area contributed by atoms with E-state index in [1.165, 1.54) is 11.1 Å². The number of hydrogen-bond acceptors (Lipinski definition) is 1. The Hall–Kier alpha value is -1.76. The van der Waals surface area contributed by atoms with Crippen LogP contribution >= 0.6 is 0 Å². The molecule has 0 unspecified atom stereocenters. The van der Waals surface area contributed by atoms with E-state index >= 15 is 0 Å². The normalized spacial score (nSPS) is 12.3. The highest BCUT2D eigenvalue weighted by atomic mass is 16.5. The summed E-state index contributed by atoms with van der Waals surface area (Å²) < 4.78 is 6.17. The number of para-hydroxylation sites is 1. The lowest BCUT2D eigenvalue weighted by atomic mass is 9.75. The van der Waals surface area contributed by atoms with Gasteiger partial charge in [-0.3, -0.25) is 0 Å². The first kappa shape index (κ1) is 15.6. The molecular formula is C20H26O. The van der Waals surface area contributed by atoms with Crippen molar-refractivity contribution in [1.29, 1.82) is 0 Å². The lowest BCUT2D eigenvalue weighted by molar-refractivity contribution is 0.443. The van der Waals surface area contributed by atoms with E-state index in [9.17, 15) is 0 Å². The van der Waals surface area contributed by atoms with Crippen LogP contribution in [0.5, 0.6) is 11.5 Å². The molecular weight excluding hydrogens is 256 g/mol. The molecule has 0 bridgehead atoms. The summed E-state index contributed by atoms with van der Waals surface area (Å²) in [5.74, 6) is 1.84. The molecule has 2 rings (SSSR count). The number of ether oxygens (including phenoxy) is 1. The molecule has 21 heavy (non-hydrogen) atoms. The maximum absolute atomic E-state index is 6.17. The Morgan fingerprint density at radius 3 is 1.81 bits per heavy atom. The summed E-state index contributed by atoms with van der Waals surface area (Å²) >= 11 is 0. The first-order chi connectivity index (χ1) is 9.69. The molecule has 0 aliphatic carbocycles. The quantitative estimate of drug-likeness (QED) is 0.649. The summed E-state index contributed by atoms with van der Waals surface area (Å²) in [6.07, 6.45) is 0. The average Bonchev–Trinajstić information content (AvgIpc) is 2.37. The van der Waals surface area contributed by atoms with Gasteiger partial charge in [0.25, 0.3) is 0 Å². The monoisotopic (exact) mass is 282 g/mol. The van der Waals surface area contributed by atoms with Crippen molar-refractivity contribution < 1.29 is 4.74 Å². The Bertz CT molecular complexity index is 598. The molecule has 0 radical (unpaired) electrons. The van der Waals surface area contributed by atoms with Crippen molar-refractivity contribution in [1.82, 2.24) is 0 Å². The maximum atomic E-state index is 6.17. The topological polar surface area (TPSA) is 9.23 Å². The zero-order valence-electron chi connectivity index (χ0n) is 14.0. The maximum Gasteiger partial charge on any atom is 0.131 e. The van der Waals surface area contributed by atoms with Crippen molar-refractivity contribution >= 4 is 0 Å². The van der Waals surface area contributed by atoms with Gasteiger partial charge in [0, 0.05) is 5.56 Å². The number of hydrogen-bond donors (Lipinski definition) is 0. The molecule has 0 N–H and O–H groups in total. The highest BCUT2D eigenvalue weighted by molar-refractivity contribution is 5.49. The highest BCUT2D eigenvalue weighted by Gasteiger charge is 2.28. The molecule has 112 valence electrons. The SMILES string of the molecule is CC(C)(C)c1cccc(Oc2ccccc2)c1C(C)(C)C. The van der Waals surface area contributed by atoms with Crippen LogP contribution in [-0.2, 0) is 10.8 Å². The number of benzene rings is 2. The molecule has 0 aliphatic rings. The minimum atomic E-state index is 0.0357. The fourth-order valence-electron chi connectivity index (χ4n) is 2.63. The molecule has 0 spiro atoms. The van der Waals surface area contributed by atoms with Crippen LogP contribution in [0.4, 0.5) is 0 Å². The molecule has 0 aliphatic heterocycles. The van der Waals surface area contributed by atoms with Gasteiger partial charge in [-0.05, 0) is 34.6 Å². The summed E-state index contributed by atoms with van der Waals surface area (Å²) in [7, 11) is 0. The summed E-state index contributed by atoms with van der Waals surface area (Å²) in [6.45, 7) is 13.5. The second-order valence-corrected chi connectivity index (χ2v) is 7.59. The van der Waals surface area contributed by atoms with Crippen LogP contribution in [-0.4, -0.2) is 0 Å². The highest BCUT2D eigenvalue weighted by Crippen LogP contribution is 2.41. The van der Waals surface area contributed by atoms with Crippen molar-refractivity contribution in [3.05, 3.63) is 59.7 Å². The van der Waals surface area contributed by atoms with E-state index in [1.54, 1.807) is 0 Å². The van der Waals surface area contributed by atoms with Crippen molar-refractivity contribution in [2.24, 2.45) is 0 Å². The third-order valence-corrected chi connectivity index (χ3v) is 3.56. The van der Waals surface area contributed by atoms with Crippen molar-refractivity contribution in [2.45, 2.75) is 52.4 Å². The minimum Gasteiger partial charge on any atom is -0.457 e. The Kier molecular flexibility index (Phi) is 4.13. The zero-order valence-corrected chi connectivity index (χ0v) is 14.0. The molecule has 0 fully saturated rings. The summed E-state index contributed by atoms with van der Waals surface area (Å²) in [5, 5.41) is 0. The van der Waals surface area contributed by atoms with Gasteiger partial charge in [0.2, 0.25) is 0 Å².